The van der Waals surface area contributed by atoms with Crippen molar-refractivity contribution in [2.75, 3.05) is 6.61 Å². The molecule has 0 radical (unpaired) electrons. The van der Waals surface area contributed by atoms with Gasteiger partial charge in [-0.3, -0.25) is 4.79 Å². The van der Waals surface area contributed by atoms with E-state index < -0.39 is 0 Å². The van der Waals surface area contributed by atoms with E-state index in [1.54, 1.807) is 0 Å². The second-order valence-electron chi connectivity index (χ2n) is 4.02. The van der Waals surface area contributed by atoms with Crippen LogP contribution in [0.3, 0.4) is 0 Å². The van der Waals surface area contributed by atoms with E-state index >= 15 is 0 Å². The third kappa shape index (κ3) is 2.99. The van der Waals surface area contributed by atoms with Gasteiger partial charge in [-0.1, -0.05) is 6.92 Å². The Labute approximate surface area is 79.6 Å². The van der Waals surface area contributed by atoms with Crippen molar-refractivity contribution in [2.45, 2.75) is 39.2 Å². The topological polar surface area (TPSA) is 52.3 Å². The van der Waals surface area contributed by atoms with E-state index in [4.69, 9.17) is 10.5 Å². The zero-order valence-electron chi connectivity index (χ0n) is 8.45. The van der Waals surface area contributed by atoms with Gasteiger partial charge in [0, 0.05) is 6.04 Å². The van der Waals surface area contributed by atoms with Gasteiger partial charge in [-0.05, 0) is 32.1 Å². The number of nitrogens with two attached hydrogens (primary N) is 1. The summed E-state index contributed by atoms with van der Waals surface area (Å²) in [6, 6.07) is 0.179. The summed E-state index contributed by atoms with van der Waals surface area (Å²) in [5.41, 5.74) is 5.84. The molecule has 0 bridgehead atoms. The minimum absolute atomic E-state index is 0.0405. The number of rotatable bonds is 2. The van der Waals surface area contributed by atoms with Gasteiger partial charge in [0.15, 0.2) is 0 Å². The zero-order valence-corrected chi connectivity index (χ0v) is 8.45. The molecule has 3 heteroatoms. The fourth-order valence-electron chi connectivity index (χ4n) is 2.11. The minimum atomic E-state index is -0.0653. The largest absolute Gasteiger partial charge is 0.466 e. The standard InChI is InChI=1S/C10H19NO2/c1-3-13-10(12)8-4-7(2)5-9(11)6-8/h7-9H,3-6,11H2,1-2H3. The SMILES string of the molecule is CCOC(=O)C1CC(C)CC(N)C1. The predicted octanol–water partition coefficient (Wildman–Crippen LogP) is 1.31. The van der Waals surface area contributed by atoms with Crippen LogP contribution in [0, 0.1) is 11.8 Å². The monoisotopic (exact) mass is 185 g/mol. The van der Waals surface area contributed by atoms with Gasteiger partial charge in [-0.25, -0.2) is 0 Å². The van der Waals surface area contributed by atoms with Crippen LogP contribution >= 0.6 is 0 Å². The Kier molecular flexibility index (Phi) is 3.72. The smallest absolute Gasteiger partial charge is 0.308 e. The molecule has 1 aliphatic rings. The van der Waals surface area contributed by atoms with E-state index in [9.17, 15) is 4.79 Å². The van der Waals surface area contributed by atoms with Gasteiger partial charge in [-0.15, -0.1) is 0 Å². The van der Waals surface area contributed by atoms with Gasteiger partial charge in [0.1, 0.15) is 0 Å². The summed E-state index contributed by atoms with van der Waals surface area (Å²) >= 11 is 0. The summed E-state index contributed by atoms with van der Waals surface area (Å²) in [6.45, 7) is 4.45. The van der Waals surface area contributed by atoms with Crippen LogP contribution in [0.5, 0.6) is 0 Å². The highest BCUT2D eigenvalue weighted by atomic mass is 16.5. The van der Waals surface area contributed by atoms with Crippen molar-refractivity contribution >= 4 is 5.97 Å². The summed E-state index contributed by atoms with van der Waals surface area (Å²) in [5, 5.41) is 0. The Morgan fingerprint density at radius 3 is 2.69 bits per heavy atom. The first-order valence-electron chi connectivity index (χ1n) is 5.05. The van der Waals surface area contributed by atoms with E-state index in [1.165, 1.54) is 0 Å². The van der Waals surface area contributed by atoms with Gasteiger partial charge in [-0.2, -0.15) is 0 Å². The minimum Gasteiger partial charge on any atom is -0.466 e. The molecule has 1 rings (SSSR count). The van der Waals surface area contributed by atoms with Crippen molar-refractivity contribution in [1.29, 1.82) is 0 Å². The molecule has 1 saturated carbocycles. The maximum absolute atomic E-state index is 11.4. The van der Waals surface area contributed by atoms with Crippen molar-refractivity contribution in [2.24, 2.45) is 17.6 Å². The summed E-state index contributed by atoms with van der Waals surface area (Å²) in [5.74, 6) is 0.529. The quantitative estimate of drug-likeness (QED) is 0.660. The Morgan fingerprint density at radius 2 is 2.15 bits per heavy atom. The van der Waals surface area contributed by atoms with E-state index in [0.29, 0.717) is 12.5 Å². The molecule has 0 spiro atoms. The summed E-state index contributed by atoms with van der Waals surface area (Å²) in [4.78, 5) is 11.4. The molecule has 0 aromatic carbocycles. The van der Waals surface area contributed by atoms with E-state index in [2.05, 4.69) is 6.92 Å². The highest BCUT2D eigenvalue weighted by molar-refractivity contribution is 5.72. The molecular weight excluding hydrogens is 166 g/mol. The molecular formula is C10H19NO2. The normalized spacial score (nSPS) is 34.2. The van der Waals surface area contributed by atoms with Crippen LogP contribution in [-0.2, 0) is 9.53 Å². The molecule has 2 N–H and O–H groups in total. The van der Waals surface area contributed by atoms with Crippen LogP contribution in [0.4, 0.5) is 0 Å². The third-order valence-corrected chi connectivity index (χ3v) is 2.60. The van der Waals surface area contributed by atoms with Crippen LogP contribution < -0.4 is 5.73 Å². The lowest BCUT2D eigenvalue weighted by Crippen LogP contribution is -2.35. The van der Waals surface area contributed by atoms with Gasteiger partial charge >= 0.3 is 5.97 Å². The fourth-order valence-corrected chi connectivity index (χ4v) is 2.11. The maximum Gasteiger partial charge on any atom is 0.308 e. The fraction of sp³-hybridized carbons (Fsp3) is 0.900. The summed E-state index contributed by atoms with van der Waals surface area (Å²) in [6.07, 6.45) is 2.77. The van der Waals surface area contributed by atoms with Crippen molar-refractivity contribution in [3.63, 3.8) is 0 Å². The molecule has 1 aliphatic carbocycles. The number of carbonyl (C=O) groups is 1. The number of carbonyl (C=O) groups excluding carboxylic acids is 1. The third-order valence-electron chi connectivity index (χ3n) is 2.60. The van der Waals surface area contributed by atoms with E-state index in [0.717, 1.165) is 19.3 Å². The van der Waals surface area contributed by atoms with Crippen LogP contribution in [0.25, 0.3) is 0 Å². The Balaban J connectivity index is 2.45. The lowest BCUT2D eigenvalue weighted by Gasteiger charge is -2.29. The van der Waals surface area contributed by atoms with Crippen molar-refractivity contribution in [3.8, 4) is 0 Å². The number of esters is 1. The van der Waals surface area contributed by atoms with Gasteiger partial charge < -0.3 is 10.5 Å². The molecule has 0 aromatic heterocycles. The van der Waals surface area contributed by atoms with Crippen molar-refractivity contribution in [3.05, 3.63) is 0 Å². The Hall–Kier alpha value is -0.570. The van der Waals surface area contributed by atoms with Gasteiger partial charge in [0.2, 0.25) is 0 Å². The summed E-state index contributed by atoms with van der Waals surface area (Å²) in [7, 11) is 0. The Bertz CT molecular complexity index is 172. The highest BCUT2D eigenvalue weighted by Gasteiger charge is 2.29. The first-order chi connectivity index (χ1) is 6.13. The van der Waals surface area contributed by atoms with Crippen LogP contribution in [0.1, 0.15) is 33.1 Å². The molecule has 0 saturated heterocycles. The lowest BCUT2D eigenvalue weighted by atomic mass is 9.80. The van der Waals surface area contributed by atoms with Crippen LogP contribution in [0.15, 0.2) is 0 Å². The molecule has 3 unspecified atom stereocenters. The van der Waals surface area contributed by atoms with E-state index in [-0.39, 0.29) is 17.9 Å². The first kappa shape index (κ1) is 10.5. The van der Waals surface area contributed by atoms with Crippen molar-refractivity contribution in [1.82, 2.24) is 0 Å². The molecule has 0 aliphatic heterocycles. The molecule has 3 nitrogen and oxygen atoms in total. The molecule has 0 heterocycles. The zero-order chi connectivity index (χ0) is 9.84. The molecule has 3 atom stereocenters. The summed E-state index contributed by atoms with van der Waals surface area (Å²) < 4.78 is 4.98. The molecule has 1 fully saturated rings. The average Bonchev–Trinajstić information content (AvgIpc) is 2.03. The van der Waals surface area contributed by atoms with Gasteiger partial charge in [0.05, 0.1) is 12.5 Å². The maximum atomic E-state index is 11.4. The van der Waals surface area contributed by atoms with Crippen molar-refractivity contribution < 1.29 is 9.53 Å². The predicted molar refractivity (Wildman–Crippen MR) is 51.1 cm³/mol. The van der Waals surface area contributed by atoms with Crippen LogP contribution in [0.2, 0.25) is 0 Å². The first-order valence-corrected chi connectivity index (χ1v) is 5.05. The van der Waals surface area contributed by atoms with Crippen LogP contribution in [-0.4, -0.2) is 18.6 Å². The van der Waals surface area contributed by atoms with E-state index in [1.807, 2.05) is 6.92 Å². The number of hydrogen-bond acceptors (Lipinski definition) is 3. The molecule has 0 amide bonds. The molecule has 0 aromatic rings. The second-order valence-corrected chi connectivity index (χ2v) is 4.02. The second kappa shape index (κ2) is 4.61. The highest BCUT2D eigenvalue weighted by Crippen LogP contribution is 2.28. The lowest BCUT2D eigenvalue weighted by molar-refractivity contribution is -0.149. The average molecular weight is 185 g/mol. The molecule has 13 heavy (non-hydrogen) atoms. The van der Waals surface area contributed by atoms with Gasteiger partial charge in [0.25, 0.3) is 0 Å². The number of hydrogen-bond donors (Lipinski definition) is 1. The Morgan fingerprint density at radius 1 is 1.46 bits per heavy atom. The molecule has 76 valence electrons. The number of ether oxygens (including phenoxy) is 1.